The summed E-state index contributed by atoms with van der Waals surface area (Å²) in [5.74, 6) is 1.41. The molecule has 1 aromatic carbocycles. The van der Waals surface area contributed by atoms with Crippen molar-refractivity contribution in [1.82, 2.24) is 5.32 Å². The molecule has 2 atom stereocenters. The second kappa shape index (κ2) is 6.74. The van der Waals surface area contributed by atoms with E-state index in [0.717, 1.165) is 27.6 Å². The van der Waals surface area contributed by atoms with Crippen LogP contribution in [0.2, 0.25) is 0 Å². The van der Waals surface area contributed by atoms with Gasteiger partial charge in [0.05, 0.1) is 6.04 Å². The Bertz CT molecular complexity index is 565. The van der Waals surface area contributed by atoms with E-state index in [1.165, 1.54) is 0 Å². The molecule has 2 N–H and O–H groups in total. The molecule has 2 unspecified atom stereocenters. The molecule has 2 rings (SSSR count). The summed E-state index contributed by atoms with van der Waals surface area (Å²) in [5, 5.41) is 13.8. The predicted molar refractivity (Wildman–Crippen MR) is 85.8 cm³/mol. The SMILES string of the molecule is CC(NC(CCO)C(C)C)c1cc2cc(Br)ccc2o1. The zero-order valence-corrected chi connectivity index (χ0v) is 13.8. The van der Waals surface area contributed by atoms with Crippen molar-refractivity contribution in [3.8, 4) is 0 Å². The number of fused-ring (bicyclic) bond motifs is 1. The number of furan rings is 1. The summed E-state index contributed by atoms with van der Waals surface area (Å²) >= 11 is 3.47. The highest BCUT2D eigenvalue weighted by molar-refractivity contribution is 9.10. The first-order valence-electron chi connectivity index (χ1n) is 7.07. The number of aliphatic hydroxyl groups is 1. The third kappa shape index (κ3) is 3.62. The molecular weight excluding hydrogens is 318 g/mol. The Morgan fingerprint density at radius 2 is 2.00 bits per heavy atom. The lowest BCUT2D eigenvalue weighted by atomic mass is 10.00. The van der Waals surface area contributed by atoms with Crippen molar-refractivity contribution >= 4 is 26.9 Å². The van der Waals surface area contributed by atoms with E-state index in [1.54, 1.807) is 0 Å². The van der Waals surface area contributed by atoms with Crippen LogP contribution in [0.5, 0.6) is 0 Å². The summed E-state index contributed by atoms with van der Waals surface area (Å²) in [4.78, 5) is 0. The first-order chi connectivity index (χ1) is 9.51. The first-order valence-corrected chi connectivity index (χ1v) is 7.86. The maximum Gasteiger partial charge on any atom is 0.134 e. The van der Waals surface area contributed by atoms with Gasteiger partial charge in [-0.25, -0.2) is 0 Å². The maximum absolute atomic E-state index is 9.15. The van der Waals surface area contributed by atoms with Crippen LogP contribution in [0.4, 0.5) is 0 Å². The van der Waals surface area contributed by atoms with Crippen LogP contribution >= 0.6 is 15.9 Å². The van der Waals surface area contributed by atoms with Gasteiger partial charge in [0.15, 0.2) is 0 Å². The molecule has 0 aliphatic carbocycles. The number of halogens is 1. The van der Waals surface area contributed by atoms with Gasteiger partial charge in [0, 0.05) is 22.5 Å². The molecular formula is C16H22BrNO2. The fourth-order valence-electron chi connectivity index (χ4n) is 2.40. The van der Waals surface area contributed by atoms with E-state index >= 15 is 0 Å². The molecule has 0 fully saturated rings. The van der Waals surface area contributed by atoms with Gasteiger partial charge in [-0.05, 0) is 43.5 Å². The van der Waals surface area contributed by atoms with Crippen LogP contribution in [0, 0.1) is 5.92 Å². The predicted octanol–water partition coefficient (Wildman–Crippen LogP) is 4.25. The van der Waals surface area contributed by atoms with E-state index in [2.05, 4.69) is 54.2 Å². The average Bonchev–Trinajstić information content (AvgIpc) is 2.80. The van der Waals surface area contributed by atoms with Crippen LogP contribution in [-0.2, 0) is 0 Å². The van der Waals surface area contributed by atoms with Crippen molar-refractivity contribution in [2.75, 3.05) is 6.61 Å². The van der Waals surface area contributed by atoms with E-state index in [9.17, 15) is 0 Å². The minimum absolute atomic E-state index is 0.125. The highest BCUT2D eigenvalue weighted by atomic mass is 79.9. The molecule has 110 valence electrons. The van der Waals surface area contributed by atoms with Gasteiger partial charge in [-0.2, -0.15) is 0 Å². The second-order valence-electron chi connectivity index (χ2n) is 5.58. The summed E-state index contributed by atoms with van der Waals surface area (Å²) in [5.41, 5.74) is 0.903. The van der Waals surface area contributed by atoms with E-state index in [-0.39, 0.29) is 18.7 Å². The molecule has 3 nitrogen and oxygen atoms in total. The van der Waals surface area contributed by atoms with Crippen LogP contribution in [0.1, 0.15) is 39.0 Å². The van der Waals surface area contributed by atoms with Gasteiger partial charge in [0.1, 0.15) is 11.3 Å². The molecule has 1 heterocycles. The van der Waals surface area contributed by atoms with Crippen molar-refractivity contribution in [2.45, 2.75) is 39.3 Å². The average molecular weight is 340 g/mol. The van der Waals surface area contributed by atoms with Crippen molar-refractivity contribution in [2.24, 2.45) is 5.92 Å². The molecule has 4 heteroatoms. The zero-order chi connectivity index (χ0) is 14.7. The summed E-state index contributed by atoms with van der Waals surface area (Å²) in [6.07, 6.45) is 0.758. The maximum atomic E-state index is 9.15. The minimum Gasteiger partial charge on any atom is -0.459 e. The molecule has 0 aliphatic heterocycles. The number of nitrogens with one attached hydrogen (secondary N) is 1. The van der Waals surface area contributed by atoms with Gasteiger partial charge in [0.25, 0.3) is 0 Å². The normalized spacial score (nSPS) is 14.9. The standard InChI is InChI=1S/C16H22BrNO2/c1-10(2)14(6-7-19)18-11(3)16-9-12-8-13(17)4-5-15(12)20-16/h4-5,8-11,14,18-19H,6-7H2,1-3H3. The Morgan fingerprint density at radius 1 is 1.25 bits per heavy atom. The van der Waals surface area contributed by atoms with Crippen LogP contribution in [-0.4, -0.2) is 17.8 Å². The molecule has 0 spiro atoms. The largest absolute Gasteiger partial charge is 0.459 e. The molecule has 0 aliphatic rings. The summed E-state index contributed by atoms with van der Waals surface area (Å²) in [7, 11) is 0. The molecule has 0 saturated carbocycles. The number of benzene rings is 1. The first kappa shape index (κ1) is 15.5. The monoisotopic (exact) mass is 339 g/mol. The quantitative estimate of drug-likeness (QED) is 0.826. The van der Waals surface area contributed by atoms with E-state index in [0.29, 0.717) is 5.92 Å². The van der Waals surface area contributed by atoms with Gasteiger partial charge >= 0.3 is 0 Å². The number of hydrogen-bond donors (Lipinski definition) is 2. The summed E-state index contributed by atoms with van der Waals surface area (Å²) < 4.78 is 6.95. The van der Waals surface area contributed by atoms with Crippen LogP contribution in [0.3, 0.4) is 0 Å². The molecule has 0 amide bonds. The van der Waals surface area contributed by atoms with Gasteiger partial charge in [-0.15, -0.1) is 0 Å². The van der Waals surface area contributed by atoms with E-state index < -0.39 is 0 Å². The Hall–Kier alpha value is -0.840. The Balaban J connectivity index is 2.15. The number of aliphatic hydroxyl groups excluding tert-OH is 1. The van der Waals surface area contributed by atoms with Crippen LogP contribution in [0.25, 0.3) is 11.0 Å². The summed E-state index contributed by atoms with van der Waals surface area (Å²) in [6, 6.07) is 8.51. The van der Waals surface area contributed by atoms with Crippen molar-refractivity contribution in [3.63, 3.8) is 0 Å². The van der Waals surface area contributed by atoms with Gasteiger partial charge in [-0.1, -0.05) is 29.8 Å². The Labute approximate surface area is 128 Å². The second-order valence-corrected chi connectivity index (χ2v) is 6.50. The van der Waals surface area contributed by atoms with E-state index in [4.69, 9.17) is 9.52 Å². The Kier molecular flexibility index (Phi) is 5.24. The molecule has 20 heavy (non-hydrogen) atoms. The van der Waals surface area contributed by atoms with Gasteiger partial charge in [-0.3, -0.25) is 0 Å². The molecule has 0 bridgehead atoms. The van der Waals surface area contributed by atoms with Gasteiger partial charge in [0.2, 0.25) is 0 Å². The van der Waals surface area contributed by atoms with Gasteiger partial charge < -0.3 is 14.8 Å². The summed E-state index contributed by atoms with van der Waals surface area (Å²) in [6.45, 7) is 6.63. The van der Waals surface area contributed by atoms with E-state index in [1.807, 2.05) is 12.1 Å². The smallest absolute Gasteiger partial charge is 0.134 e. The number of hydrogen-bond acceptors (Lipinski definition) is 3. The fraction of sp³-hybridized carbons (Fsp3) is 0.500. The Morgan fingerprint density at radius 3 is 2.65 bits per heavy atom. The molecule has 0 radical (unpaired) electrons. The zero-order valence-electron chi connectivity index (χ0n) is 12.2. The lowest BCUT2D eigenvalue weighted by molar-refractivity contribution is 0.233. The van der Waals surface area contributed by atoms with Crippen LogP contribution in [0.15, 0.2) is 33.2 Å². The lowest BCUT2D eigenvalue weighted by Crippen LogP contribution is -2.36. The highest BCUT2D eigenvalue weighted by Crippen LogP contribution is 2.27. The third-order valence-corrected chi connectivity index (χ3v) is 4.13. The molecule has 1 aromatic heterocycles. The van der Waals surface area contributed by atoms with Crippen LogP contribution < -0.4 is 5.32 Å². The minimum atomic E-state index is 0.125. The third-order valence-electron chi connectivity index (χ3n) is 3.63. The highest BCUT2D eigenvalue weighted by Gasteiger charge is 2.18. The molecule has 0 saturated heterocycles. The van der Waals surface area contributed by atoms with Crippen molar-refractivity contribution in [1.29, 1.82) is 0 Å². The van der Waals surface area contributed by atoms with Crippen molar-refractivity contribution < 1.29 is 9.52 Å². The lowest BCUT2D eigenvalue weighted by Gasteiger charge is -2.24. The molecule has 2 aromatic rings. The number of rotatable bonds is 6. The topological polar surface area (TPSA) is 45.4 Å². The fourth-order valence-corrected chi connectivity index (χ4v) is 2.78. The van der Waals surface area contributed by atoms with Crippen molar-refractivity contribution in [3.05, 3.63) is 34.5 Å².